The van der Waals surface area contributed by atoms with E-state index in [0.29, 0.717) is 41.0 Å². The Bertz CT molecular complexity index is 2840. The van der Waals surface area contributed by atoms with Gasteiger partial charge >= 0.3 is 5.69 Å². The first-order valence-electron chi connectivity index (χ1n) is 25.0. The molecule has 7 heterocycles. The average molecular weight is 937 g/mol. The highest BCUT2D eigenvalue weighted by molar-refractivity contribution is 6.00. The number of aryl methyl sites for hydroxylation is 1. The van der Waals surface area contributed by atoms with Crippen molar-refractivity contribution in [2.24, 2.45) is 13.0 Å². The fraction of sp³-hybridized carbons (Fsp3) is 0.481. The monoisotopic (exact) mass is 937 g/mol. The van der Waals surface area contributed by atoms with Crippen LogP contribution in [-0.2, 0) is 23.2 Å². The topological polar surface area (TPSA) is 141 Å². The van der Waals surface area contributed by atoms with E-state index >= 15 is 4.39 Å². The summed E-state index contributed by atoms with van der Waals surface area (Å²) in [6, 6.07) is 17.5. The number of nitrogens with zero attached hydrogens (tertiary/aromatic N) is 8. The second kappa shape index (κ2) is 19.4. The van der Waals surface area contributed by atoms with E-state index in [1.54, 1.807) is 13.1 Å². The molecule has 0 saturated carbocycles. The first-order valence-corrected chi connectivity index (χ1v) is 25.0. The van der Waals surface area contributed by atoms with Gasteiger partial charge in [-0.3, -0.25) is 48.5 Å². The fourth-order valence-corrected chi connectivity index (χ4v) is 11.9. The molecule has 4 atom stereocenters. The number of carbonyl (C=O) groups excluding carboxylic acids is 3. The van der Waals surface area contributed by atoms with Gasteiger partial charge in [0.2, 0.25) is 11.8 Å². The number of piperazine rings is 1. The minimum atomic E-state index is -0.857. The predicted molar refractivity (Wildman–Crippen MR) is 266 cm³/mol. The summed E-state index contributed by atoms with van der Waals surface area (Å²) in [6.07, 6.45) is 10.7. The maximum Gasteiger partial charge on any atom is 0.329 e. The van der Waals surface area contributed by atoms with Crippen LogP contribution in [0, 0.1) is 11.7 Å². The molecule has 0 spiro atoms. The van der Waals surface area contributed by atoms with Crippen molar-refractivity contribution in [3.63, 3.8) is 0 Å². The van der Waals surface area contributed by atoms with E-state index in [-0.39, 0.29) is 36.6 Å². The van der Waals surface area contributed by atoms with Gasteiger partial charge in [-0.2, -0.15) is 0 Å². The molecule has 3 amide bonds. The van der Waals surface area contributed by atoms with Crippen LogP contribution in [0.15, 0.2) is 77.4 Å². The molecule has 4 aliphatic heterocycles. The quantitative estimate of drug-likeness (QED) is 0.136. The van der Waals surface area contributed by atoms with E-state index in [9.17, 15) is 19.2 Å². The zero-order chi connectivity index (χ0) is 48.1. The van der Waals surface area contributed by atoms with Gasteiger partial charge in [0.15, 0.2) is 0 Å². The fourth-order valence-electron chi connectivity index (χ4n) is 11.9. The third kappa shape index (κ3) is 9.16. The first kappa shape index (κ1) is 46.7. The standard InChI is InChI=1S/C54H65FN10O4/c1-33-30-61(32-41-26-47-48(28-45(41)55)65(54(69)60(47)5)46-11-13-50(66)59-52(46)67)24-25-64(33)31-36-15-20-63(21-16-36)53(68)39-8-6-37(7-9-39)38-17-22-62(23-18-38)35(3)43-27-44-42(14-19-57-51(44)34(43)2)40-10-12-49(56-4)58-29-40/h6-10,12,14,19,26-29,33-36,38,46H,11,13,15-18,20-25,30-32H2,1-5H3,(H,56,58)(H,59,66,67)/t33-,34?,35-,46+/m0/s1. The number of imide groups is 1. The first-order chi connectivity index (χ1) is 33.3. The van der Waals surface area contributed by atoms with E-state index in [1.807, 2.05) is 42.5 Å². The van der Waals surface area contributed by atoms with Gasteiger partial charge in [-0.15, -0.1) is 0 Å². The van der Waals surface area contributed by atoms with E-state index in [1.165, 1.54) is 37.5 Å². The predicted octanol–water partition coefficient (Wildman–Crippen LogP) is 6.78. The van der Waals surface area contributed by atoms with Crippen molar-refractivity contribution in [2.75, 3.05) is 64.7 Å². The lowest BCUT2D eigenvalue weighted by Gasteiger charge is -2.42. The summed E-state index contributed by atoms with van der Waals surface area (Å²) >= 11 is 0. The number of hydrogen-bond acceptors (Lipinski definition) is 10. The highest BCUT2D eigenvalue weighted by Crippen LogP contribution is 2.43. The van der Waals surface area contributed by atoms with Gasteiger partial charge < -0.3 is 10.2 Å². The Hall–Kier alpha value is -6.03. The number of hydrogen-bond donors (Lipinski definition) is 2. The molecule has 362 valence electrons. The number of anilines is 1. The molecule has 3 aromatic heterocycles. The molecule has 5 aliphatic rings. The molecule has 4 fully saturated rings. The molecule has 14 nitrogen and oxygen atoms in total. The van der Waals surface area contributed by atoms with Gasteiger partial charge in [-0.25, -0.2) is 14.2 Å². The molecule has 15 heteroatoms. The number of halogens is 1. The molecule has 69 heavy (non-hydrogen) atoms. The van der Waals surface area contributed by atoms with Crippen molar-refractivity contribution in [3.8, 4) is 11.1 Å². The van der Waals surface area contributed by atoms with Crippen LogP contribution in [0.2, 0.25) is 0 Å². The summed E-state index contributed by atoms with van der Waals surface area (Å²) in [4.78, 5) is 70.2. The summed E-state index contributed by atoms with van der Waals surface area (Å²) in [5.74, 6) is 0.886. The third-order valence-corrected chi connectivity index (χ3v) is 16.2. The Labute approximate surface area is 403 Å². The maximum absolute atomic E-state index is 15.7. The van der Waals surface area contributed by atoms with Crippen LogP contribution in [0.25, 0.3) is 28.2 Å². The van der Waals surface area contributed by atoms with Crippen LogP contribution in [0.3, 0.4) is 0 Å². The van der Waals surface area contributed by atoms with Crippen molar-refractivity contribution in [1.82, 2.24) is 44.0 Å². The lowest BCUT2D eigenvalue weighted by atomic mass is 9.87. The van der Waals surface area contributed by atoms with Gasteiger partial charge in [0.25, 0.3) is 5.91 Å². The smallest absolute Gasteiger partial charge is 0.329 e. The number of imidazole rings is 1. The number of rotatable bonds is 11. The van der Waals surface area contributed by atoms with E-state index in [0.717, 1.165) is 101 Å². The number of nitrogens with one attached hydrogen (secondary N) is 2. The lowest BCUT2D eigenvalue weighted by molar-refractivity contribution is -0.135. The van der Waals surface area contributed by atoms with Crippen LogP contribution >= 0.6 is 0 Å². The van der Waals surface area contributed by atoms with Gasteiger partial charge in [-0.1, -0.05) is 25.1 Å². The number of benzene rings is 2. The van der Waals surface area contributed by atoms with Gasteiger partial charge in [-0.05, 0) is 124 Å². The molecule has 2 aromatic carbocycles. The molecule has 1 aliphatic carbocycles. The molecule has 4 saturated heterocycles. The number of carbonyl (C=O) groups is 3. The normalized spacial score (nSPS) is 22.7. The minimum Gasteiger partial charge on any atom is -0.373 e. The summed E-state index contributed by atoms with van der Waals surface area (Å²) in [6.45, 7) is 14.3. The highest BCUT2D eigenvalue weighted by Gasteiger charge is 2.35. The number of amides is 3. The van der Waals surface area contributed by atoms with Crippen LogP contribution in [0.5, 0.6) is 0 Å². The number of aromatic nitrogens is 4. The Morgan fingerprint density at radius 1 is 0.899 bits per heavy atom. The van der Waals surface area contributed by atoms with Crippen LogP contribution in [0.1, 0.15) is 110 Å². The van der Waals surface area contributed by atoms with E-state index in [2.05, 4.69) is 81.4 Å². The van der Waals surface area contributed by atoms with E-state index < -0.39 is 23.5 Å². The summed E-state index contributed by atoms with van der Waals surface area (Å²) in [7, 11) is 3.51. The third-order valence-electron chi connectivity index (χ3n) is 16.2. The molecule has 1 unspecified atom stereocenters. The van der Waals surface area contributed by atoms with Gasteiger partial charge in [0.05, 0.1) is 16.7 Å². The lowest BCUT2D eigenvalue weighted by Crippen LogP contribution is -2.53. The van der Waals surface area contributed by atoms with Crippen molar-refractivity contribution in [1.29, 1.82) is 0 Å². The van der Waals surface area contributed by atoms with Crippen LogP contribution < -0.4 is 16.3 Å². The average Bonchev–Trinajstić information content (AvgIpc) is 3.83. The van der Waals surface area contributed by atoms with Gasteiger partial charge in [0, 0.05) is 125 Å². The number of pyridine rings is 2. The Balaban J connectivity index is 0.680. The minimum absolute atomic E-state index is 0.118. The summed E-state index contributed by atoms with van der Waals surface area (Å²) in [5.41, 5.74) is 9.16. The van der Waals surface area contributed by atoms with Crippen LogP contribution in [0.4, 0.5) is 10.2 Å². The molecule has 2 N–H and O–H groups in total. The SMILES string of the molecule is CNc1ccc(-c2ccnc3c2C=C([C@H](C)N2CCC(c4ccc(C(=O)N5CCC(CN6CCN(Cc7cc8c(cc7F)n([C@@H]7CCC(=O)NC7=O)c(=O)n8C)C[C@@H]6C)CC5)cc4)CC2)C3C)cn1. The van der Waals surface area contributed by atoms with E-state index in [4.69, 9.17) is 4.98 Å². The Morgan fingerprint density at radius 3 is 2.36 bits per heavy atom. The number of likely N-dealkylation sites (tertiary alicyclic amines) is 2. The molecule has 5 aromatic rings. The summed E-state index contributed by atoms with van der Waals surface area (Å²) < 4.78 is 18.5. The molecular formula is C54H65FN10O4. The second-order valence-corrected chi connectivity index (χ2v) is 20.2. The largest absolute Gasteiger partial charge is 0.373 e. The van der Waals surface area contributed by atoms with Crippen molar-refractivity contribution >= 4 is 40.6 Å². The second-order valence-electron chi connectivity index (χ2n) is 20.2. The zero-order valence-corrected chi connectivity index (χ0v) is 40.6. The van der Waals surface area contributed by atoms with Gasteiger partial charge in [0.1, 0.15) is 17.7 Å². The Kier molecular flexibility index (Phi) is 13.1. The van der Waals surface area contributed by atoms with Crippen molar-refractivity contribution in [2.45, 2.75) is 95.8 Å². The maximum atomic E-state index is 15.7. The van der Waals surface area contributed by atoms with Crippen molar-refractivity contribution < 1.29 is 18.8 Å². The molecule has 10 rings (SSSR count). The summed E-state index contributed by atoms with van der Waals surface area (Å²) in [5, 5.41) is 5.41. The molecular weight excluding hydrogens is 872 g/mol. The zero-order valence-electron chi connectivity index (χ0n) is 40.6. The van der Waals surface area contributed by atoms with Crippen molar-refractivity contribution in [3.05, 3.63) is 117 Å². The molecule has 0 radical (unpaired) electrons. The number of fused-ring (bicyclic) bond motifs is 2. The highest BCUT2D eigenvalue weighted by atomic mass is 19.1. The molecule has 0 bridgehead atoms. The van der Waals surface area contributed by atoms with Crippen LogP contribution in [-0.4, -0.2) is 128 Å². The number of piperidine rings is 3. The Morgan fingerprint density at radius 2 is 1.67 bits per heavy atom.